The summed E-state index contributed by atoms with van der Waals surface area (Å²) < 4.78 is 11.3. The molecule has 164 valence electrons. The van der Waals surface area contributed by atoms with Crippen LogP contribution in [-0.2, 0) is 9.59 Å². The number of hydrogen-bond donors (Lipinski definition) is 1. The summed E-state index contributed by atoms with van der Waals surface area (Å²) in [5, 5.41) is 2.67. The summed E-state index contributed by atoms with van der Waals surface area (Å²) in [5.74, 6) is 1.48. The molecule has 0 saturated carbocycles. The second-order valence-electron chi connectivity index (χ2n) is 7.10. The highest BCUT2D eigenvalue weighted by Crippen LogP contribution is 2.45. The third kappa shape index (κ3) is 5.06. The number of anilines is 2. The van der Waals surface area contributed by atoms with E-state index >= 15 is 0 Å². The van der Waals surface area contributed by atoms with Gasteiger partial charge in [0.15, 0.2) is 6.61 Å². The van der Waals surface area contributed by atoms with Crippen LogP contribution in [0.25, 0.3) is 0 Å². The molecule has 0 aromatic heterocycles. The molecule has 0 aliphatic carbocycles. The molecule has 1 saturated heterocycles. The summed E-state index contributed by atoms with van der Waals surface area (Å²) in [4.78, 5) is 26.9. The standard InChI is InChI=1S/C25H24N2O4S/c1-2-30-22-14-7-6-13-21(22)27-24(29)17-32-25(27)18-9-8-10-19(15-18)26-23(28)16-31-20-11-4-3-5-12-20/h3-15,25H,2,16-17H2,1H3,(H,26,28). The van der Waals surface area contributed by atoms with Crippen LogP contribution in [0, 0.1) is 0 Å². The Morgan fingerprint density at radius 3 is 2.62 bits per heavy atom. The number of ether oxygens (including phenoxy) is 2. The summed E-state index contributed by atoms with van der Waals surface area (Å²) in [6.45, 7) is 2.35. The molecule has 1 aliphatic rings. The summed E-state index contributed by atoms with van der Waals surface area (Å²) in [6, 6.07) is 24.3. The fourth-order valence-electron chi connectivity index (χ4n) is 3.50. The molecule has 6 nitrogen and oxygen atoms in total. The molecule has 1 unspecified atom stereocenters. The Hall–Kier alpha value is -3.45. The minimum absolute atomic E-state index is 0.0258. The summed E-state index contributed by atoms with van der Waals surface area (Å²) in [5.41, 5.74) is 2.33. The summed E-state index contributed by atoms with van der Waals surface area (Å²) in [7, 11) is 0. The number of benzene rings is 3. The molecule has 32 heavy (non-hydrogen) atoms. The van der Waals surface area contributed by atoms with Crippen molar-refractivity contribution in [3.8, 4) is 11.5 Å². The number of rotatable bonds is 8. The Morgan fingerprint density at radius 1 is 1.03 bits per heavy atom. The number of para-hydroxylation sites is 3. The lowest BCUT2D eigenvalue weighted by molar-refractivity contribution is -0.118. The highest BCUT2D eigenvalue weighted by molar-refractivity contribution is 8.00. The van der Waals surface area contributed by atoms with Crippen molar-refractivity contribution in [1.82, 2.24) is 0 Å². The van der Waals surface area contributed by atoms with E-state index in [1.54, 1.807) is 28.8 Å². The largest absolute Gasteiger partial charge is 0.492 e. The van der Waals surface area contributed by atoms with Crippen molar-refractivity contribution in [3.63, 3.8) is 0 Å². The fourth-order valence-corrected chi connectivity index (χ4v) is 4.66. The minimum Gasteiger partial charge on any atom is -0.492 e. The van der Waals surface area contributed by atoms with E-state index in [9.17, 15) is 9.59 Å². The predicted octanol–water partition coefficient (Wildman–Crippen LogP) is 4.88. The van der Waals surface area contributed by atoms with Gasteiger partial charge in [0.2, 0.25) is 5.91 Å². The Balaban J connectivity index is 1.49. The van der Waals surface area contributed by atoms with Gasteiger partial charge in [-0.2, -0.15) is 0 Å². The molecular formula is C25H24N2O4S. The van der Waals surface area contributed by atoms with E-state index in [4.69, 9.17) is 9.47 Å². The van der Waals surface area contributed by atoms with E-state index in [1.165, 1.54) is 0 Å². The number of nitrogens with one attached hydrogen (secondary N) is 1. The smallest absolute Gasteiger partial charge is 0.262 e. The van der Waals surface area contributed by atoms with Crippen molar-refractivity contribution in [3.05, 3.63) is 84.4 Å². The highest BCUT2D eigenvalue weighted by Gasteiger charge is 2.35. The van der Waals surface area contributed by atoms with Gasteiger partial charge in [-0.05, 0) is 48.9 Å². The van der Waals surface area contributed by atoms with Crippen LogP contribution in [0.15, 0.2) is 78.9 Å². The zero-order valence-electron chi connectivity index (χ0n) is 17.7. The zero-order chi connectivity index (χ0) is 22.3. The molecule has 7 heteroatoms. The molecule has 3 aromatic carbocycles. The van der Waals surface area contributed by atoms with Crippen LogP contribution in [0.5, 0.6) is 11.5 Å². The maximum atomic E-state index is 12.8. The normalized spacial score (nSPS) is 15.5. The molecule has 0 spiro atoms. The van der Waals surface area contributed by atoms with Crippen molar-refractivity contribution >= 4 is 35.0 Å². The lowest BCUT2D eigenvalue weighted by Gasteiger charge is -2.26. The van der Waals surface area contributed by atoms with Gasteiger partial charge in [0.05, 0.1) is 18.0 Å². The maximum Gasteiger partial charge on any atom is 0.262 e. The van der Waals surface area contributed by atoms with E-state index in [2.05, 4.69) is 5.32 Å². The van der Waals surface area contributed by atoms with Gasteiger partial charge in [-0.15, -0.1) is 11.8 Å². The number of amides is 2. The predicted molar refractivity (Wildman–Crippen MR) is 127 cm³/mol. The van der Waals surface area contributed by atoms with E-state index in [0.29, 0.717) is 29.5 Å². The van der Waals surface area contributed by atoms with Crippen molar-refractivity contribution in [2.75, 3.05) is 29.2 Å². The highest BCUT2D eigenvalue weighted by atomic mass is 32.2. The van der Waals surface area contributed by atoms with Gasteiger partial charge >= 0.3 is 0 Å². The van der Waals surface area contributed by atoms with E-state index < -0.39 is 0 Å². The number of thioether (sulfide) groups is 1. The first-order valence-corrected chi connectivity index (χ1v) is 11.4. The van der Waals surface area contributed by atoms with Crippen LogP contribution in [-0.4, -0.2) is 30.8 Å². The molecular weight excluding hydrogens is 424 g/mol. The van der Waals surface area contributed by atoms with Gasteiger partial charge < -0.3 is 14.8 Å². The molecule has 0 radical (unpaired) electrons. The summed E-state index contributed by atoms with van der Waals surface area (Å²) in [6.07, 6.45) is 0. The quantitative estimate of drug-likeness (QED) is 0.532. The summed E-state index contributed by atoms with van der Waals surface area (Å²) >= 11 is 1.55. The van der Waals surface area contributed by atoms with E-state index in [0.717, 1.165) is 11.3 Å². The van der Waals surface area contributed by atoms with Gasteiger partial charge in [-0.1, -0.05) is 42.5 Å². The third-order valence-corrected chi connectivity index (χ3v) is 6.07. The Bertz CT molecular complexity index is 1090. The SMILES string of the molecule is CCOc1ccccc1N1C(=O)CSC1c1cccc(NC(=O)COc2ccccc2)c1. The Kier molecular flexibility index (Phi) is 6.97. The second-order valence-corrected chi connectivity index (χ2v) is 8.17. The van der Waals surface area contributed by atoms with Gasteiger partial charge in [-0.25, -0.2) is 0 Å². The first kappa shape index (κ1) is 21.8. The molecule has 4 rings (SSSR count). The van der Waals surface area contributed by atoms with Crippen LogP contribution in [0.3, 0.4) is 0 Å². The average Bonchev–Trinajstić information content (AvgIpc) is 3.20. The van der Waals surface area contributed by atoms with Crippen LogP contribution in [0.1, 0.15) is 17.9 Å². The number of nitrogens with zero attached hydrogens (tertiary/aromatic N) is 1. The zero-order valence-corrected chi connectivity index (χ0v) is 18.5. The van der Waals surface area contributed by atoms with Crippen molar-refractivity contribution in [1.29, 1.82) is 0 Å². The minimum atomic E-state index is -0.250. The maximum absolute atomic E-state index is 12.8. The average molecular weight is 449 g/mol. The van der Waals surface area contributed by atoms with Gasteiger partial charge in [0.25, 0.3) is 5.91 Å². The molecule has 1 aliphatic heterocycles. The lowest BCUT2D eigenvalue weighted by Crippen LogP contribution is -2.28. The molecule has 2 amide bonds. The molecule has 1 N–H and O–H groups in total. The van der Waals surface area contributed by atoms with Crippen LogP contribution < -0.4 is 19.7 Å². The second kappa shape index (κ2) is 10.2. The molecule has 1 heterocycles. The van der Waals surface area contributed by atoms with Gasteiger partial charge in [-0.3, -0.25) is 14.5 Å². The number of hydrogen-bond acceptors (Lipinski definition) is 5. The van der Waals surface area contributed by atoms with E-state index in [-0.39, 0.29) is 23.8 Å². The number of carbonyl (C=O) groups is 2. The number of carbonyl (C=O) groups excluding carboxylic acids is 2. The lowest BCUT2D eigenvalue weighted by atomic mass is 10.1. The van der Waals surface area contributed by atoms with Crippen LogP contribution >= 0.6 is 11.8 Å². The molecule has 0 bridgehead atoms. The van der Waals surface area contributed by atoms with Crippen LogP contribution in [0.2, 0.25) is 0 Å². The van der Waals surface area contributed by atoms with Crippen molar-refractivity contribution < 1.29 is 19.1 Å². The molecule has 1 atom stereocenters. The Morgan fingerprint density at radius 2 is 1.81 bits per heavy atom. The topological polar surface area (TPSA) is 67.9 Å². The third-order valence-electron chi connectivity index (χ3n) is 4.86. The Labute approximate surface area is 191 Å². The molecule has 1 fully saturated rings. The van der Waals surface area contributed by atoms with Crippen molar-refractivity contribution in [2.24, 2.45) is 0 Å². The van der Waals surface area contributed by atoms with E-state index in [1.807, 2.05) is 73.7 Å². The van der Waals surface area contributed by atoms with Crippen molar-refractivity contribution in [2.45, 2.75) is 12.3 Å². The fraction of sp³-hybridized carbons (Fsp3) is 0.200. The first-order valence-electron chi connectivity index (χ1n) is 10.4. The van der Waals surface area contributed by atoms with Gasteiger partial charge in [0, 0.05) is 5.69 Å². The van der Waals surface area contributed by atoms with Crippen LogP contribution in [0.4, 0.5) is 11.4 Å². The first-order chi connectivity index (χ1) is 15.7. The van der Waals surface area contributed by atoms with Gasteiger partial charge in [0.1, 0.15) is 16.9 Å². The molecule has 3 aromatic rings. The monoisotopic (exact) mass is 448 g/mol.